The lowest BCUT2D eigenvalue weighted by Gasteiger charge is -2.13. The van der Waals surface area contributed by atoms with Gasteiger partial charge < -0.3 is 23.5 Å². The lowest BCUT2D eigenvalue weighted by molar-refractivity contribution is 0.132. The molecule has 1 aromatic carbocycles. The van der Waals surface area contributed by atoms with Crippen molar-refractivity contribution >= 4 is 11.0 Å². The number of imidazole rings is 1. The van der Waals surface area contributed by atoms with Gasteiger partial charge in [0.1, 0.15) is 13.2 Å². The van der Waals surface area contributed by atoms with E-state index in [1.54, 1.807) is 20.5 Å². The number of hydrogen-bond donors (Lipinski definition) is 0. The minimum atomic E-state index is 0.468. The second kappa shape index (κ2) is 7.12. The average Bonchev–Trinajstić information content (AvgIpc) is 2.80. The zero-order chi connectivity index (χ0) is 14.4. The van der Waals surface area contributed by atoms with Crippen molar-refractivity contribution in [1.82, 2.24) is 9.55 Å². The van der Waals surface area contributed by atoms with Gasteiger partial charge >= 0.3 is 0 Å². The Morgan fingerprint density at radius 3 is 2.15 bits per heavy atom. The van der Waals surface area contributed by atoms with E-state index in [0.717, 1.165) is 11.0 Å². The molecule has 2 aromatic rings. The summed E-state index contributed by atoms with van der Waals surface area (Å²) in [4.78, 5) is 4.32. The molecular weight excluding hydrogens is 260 g/mol. The minimum Gasteiger partial charge on any atom is -0.487 e. The van der Waals surface area contributed by atoms with E-state index in [1.807, 2.05) is 23.7 Å². The first-order chi connectivity index (χ1) is 9.76. The fraction of sp³-hybridized carbons (Fsp3) is 0.500. The summed E-state index contributed by atoms with van der Waals surface area (Å²) in [5.74, 6) is 1.36. The molecule has 1 aromatic heterocycles. The van der Waals surface area contributed by atoms with E-state index >= 15 is 0 Å². The summed E-state index contributed by atoms with van der Waals surface area (Å²) >= 11 is 0. The molecule has 20 heavy (non-hydrogen) atoms. The van der Waals surface area contributed by atoms with Gasteiger partial charge in [-0.25, -0.2) is 4.98 Å². The third-order valence-corrected chi connectivity index (χ3v) is 2.88. The van der Waals surface area contributed by atoms with E-state index in [0.29, 0.717) is 37.9 Å². The van der Waals surface area contributed by atoms with Gasteiger partial charge in [0.05, 0.1) is 30.6 Å². The van der Waals surface area contributed by atoms with Crippen LogP contribution in [0.5, 0.6) is 11.5 Å². The summed E-state index contributed by atoms with van der Waals surface area (Å²) < 4.78 is 23.3. The number of methoxy groups -OCH3 is 2. The molecule has 0 amide bonds. The van der Waals surface area contributed by atoms with E-state index in [1.165, 1.54) is 0 Å². The van der Waals surface area contributed by atoms with Crippen LogP contribution in [0.1, 0.15) is 0 Å². The normalized spacial score (nSPS) is 10.9. The number of ether oxygens (including phenoxy) is 4. The van der Waals surface area contributed by atoms with Gasteiger partial charge in [0.2, 0.25) is 0 Å². The highest BCUT2D eigenvalue weighted by atomic mass is 16.5. The molecule has 1 heterocycles. The van der Waals surface area contributed by atoms with Crippen molar-refractivity contribution in [3.8, 4) is 11.5 Å². The Morgan fingerprint density at radius 1 is 0.950 bits per heavy atom. The van der Waals surface area contributed by atoms with Crippen molar-refractivity contribution in [2.24, 2.45) is 7.05 Å². The van der Waals surface area contributed by atoms with Crippen LogP contribution < -0.4 is 9.47 Å². The Kier molecular flexibility index (Phi) is 5.20. The van der Waals surface area contributed by atoms with Crippen LogP contribution in [0.15, 0.2) is 18.5 Å². The fourth-order valence-corrected chi connectivity index (χ4v) is 1.83. The van der Waals surface area contributed by atoms with Crippen LogP contribution in [0, 0.1) is 0 Å². The van der Waals surface area contributed by atoms with Crippen LogP contribution in [-0.2, 0) is 16.5 Å². The summed E-state index contributed by atoms with van der Waals surface area (Å²) in [5, 5.41) is 0. The average molecular weight is 280 g/mol. The summed E-state index contributed by atoms with van der Waals surface area (Å²) in [6.45, 7) is 1.99. The van der Waals surface area contributed by atoms with Crippen LogP contribution in [-0.4, -0.2) is 50.2 Å². The molecule has 0 aliphatic rings. The van der Waals surface area contributed by atoms with Crippen LogP contribution in [0.3, 0.4) is 0 Å². The van der Waals surface area contributed by atoms with Gasteiger partial charge in [0.25, 0.3) is 0 Å². The summed E-state index contributed by atoms with van der Waals surface area (Å²) in [6, 6.07) is 3.81. The number of rotatable bonds is 8. The van der Waals surface area contributed by atoms with Crippen LogP contribution in [0.4, 0.5) is 0 Å². The Labute approximate surface area is 118 Å². The van der Waals surface area contributed by atoms with Gasteiger partial charge in [-0.15, -0.1) is 0 Å². The molecule has 0 N–H and O–H groups in total. The third kappa shape index (κ3) is 3.40. The lowest BCUT2D eigenvalue weighted by atomic mass is 10.2. The predicted molar refractivity (Wildman–Crippen MR) is 75.5 cm³/mol. The van der Waals surface area contributed by atoms with Gasteiger partial charge in [-0.1, -0.05) is 0 Å². The molecule has 0 bridgehead atoms. The topological polar surface area (TPSA) is 54.7 Å². The monoisotopic (exact) mass is 280 g/mol. The smallest absolute Gasteiger partial charge is 0.163 e. The summed E-state index contributed by atoms with van der Waals surface area (Å²) in [7, 11) is 5.23. The second-order valence-electron chi connectivity index (χ2n) is 4.33. The second-order valence-corrected chi connectivity index (χ2v) is 4.33. The van der Waals surface area contributed by atoms with Crippen molar-refractivity contribution in [2.45, 2.75) is 0 Å². The van der Waals surface area contributed by atoms with E-state index in [9.17, 15) is 0 Å². The number of aromatic nitrogens is 2. The van der Waals surface area contributed by atoms with E-state index in [4.69, 9.17) is 18.9 Å². The first kappa shape index (κ1) is 14.6. The lowest BCUT2D eigenvalue weighted by Crippen LogP contribution is -2.08. The third-order valence-electron chi connectivity index (χ3n) is 2.88. The Bertz CT molecular complexity index is 553. The Morgan fingerprint density at radius 2 is 1.55 bits per heavy atom. The maximum Gasteiger partial charge on any atom is 0.163 e. The van der Waals surface area contributed by atoms with Crippen LogP contribution in [0.2, 0.25) is 0 Å². The van der Waals surface area contributed by atoms with Crippen molar-refractivity contribution < 1.29 is 18.9 Å². The molecule has 6 heteroatoms. The summed E-state index contributed by atoms with van der Waals surface area (Å²) in [5.41, 5.74) is 1.87. The van der Waals surface area contributed by atoms with Crippen molar-refractivity contribution in [2.75, 3.05) is 40.6 Å². The highest BCUT2D eigenvalue weighted by Gasteiger charge is 2.11. The van der Waals surface area contributed by atoms with Crippen LogP contribution >= 0.6 is 0 Å². The van der Waals surface area contributed by atoms with Crippen molar-refractivity contribution in [3.05, 3.63) is 18.5 Å². The minimum absolute atomic E-state index is 0.468. The van der Waals surface area contributed by atoms with Crippen molar-refractivity contribution in [3.63, 3.8) is 0 Å². The zero-order valence-corrected chi connectivity index (χ0v) is 12.1. The molecule has 0 saturated heterocycles. The molecule has 110 valence electrons. The fourth-order valence-electron chi connectivity index (χ4n) is 1.83. The van der Waals surface area contributed by atoms with Gasteiger partial charge in [-0.3, -0.25) is 0 Å². The highest BCUT2D eigenvalue weighted by Crippen LogP contribution is 2.32. The van der Waals surface area contributed by atoms with Gasteiger partial charge in [0, 0.05) is 33.4 Å². The Hall–Kier alpha value is -1.79. The van der Waals surface area contributed by atoms with Gasteiger partial charge in [0.15, 0.2) is 11.5 Å². The number of nitrogens with zero attached hydrogens (tertiary/aromatic N) is 2. The van der Waals surface area contributed by atoms with Gasteiger partial charge in [-0.05, 0) is 0 Å². The number of hydrogen-bond acceptors (Lipinski definition) is 5. The summed E-state index contributed by atoms with van der Waals surface area (Å²) in [6.07, 6.45) is 1.77. The van der Waals surface area contributed by atoms with Crippen molar-refractivity contribution in [1.29, 1.82) is 0 Å². The van der Waals surface area contributed by atoms with E-state index in [2.05, 4.69) is 4.98 Å². The first-order valence-corrected chi connectivity index (χ1v) is 6.44. The standard InChI is InChI=1S/C14H20N2O4/c1-16-10-15-11-8-13(19-6-4-17-2)14(9-12(11)16)20-7-5-18-3/h8-10H,4-7H2,1-3H3. The molecule has 0 atom stereocenters. The molecule has 2 rings (SSSR count). The molecule has 6 nitrogen and oxygen atoms in total. The molecule has 0 saturated carbocycles. The molecule has 0 unspecified atom stereocenters. The van der Waals surface area contributed by atoms with E-state index < -0.39 is 0 Å². The molecular formula is C14H20N2O4. The SMILES string of the molecule is COCCOc1cc2ncn(C)c2cc1OCCOC. The number of fused-ring (bicyclic) bond motifs is 1. The quantitative estimate of drug-likeness (QED) is 0.688. The molecule has 0 fully saturated rings. The predicted octanol–water partition coefficient (Wildman–Crippen LogP) is 1.62. The first-order valence-electron chi connectivity index (χ1n) is 6.44. The maximum absolute atomic E-state index is 5.71. The maximum atomic E-state index is 5.71. The largest absolute Gasteiger partial charge is 0.487 e. The highest BCUT2D eigenvalue weighted by molar-refractivity contribution is 5.79. The zero-order valence-electron chi connectivity index (χ0n) is 12.1. The molecule has 0 radical (unpaired) electrons. The molecule has 0 aliphatic heterocycles. The molecule has 0 aliphatic carbocycles. The van der Waals surface area contributed by atoms with Gasteiger partial charge in [-0.2, -0.15) is 0 Å². The van der Waals surface area contributed by atoms with E-state index in [-0.39, 0.29) is 0 Å². The number of benzene rings is 1. The van der Waals surface area contributed by atoms with Crippen LogP contribution in [0.25, 0.3) is 11.0 Å². The molecule has 0 spiro atoms. The number of aryl methyl sites for hydroxylation is 1. The Balaban J connectivity index is 2.22.